The van der Waals surface area contributed by atoms with Gasteiger partial charge in [-0.15, -0.1) is 6.42 Å². The molecule has 1 atom stereocenters. The Morgan fingerprint density at radius 2 is 2.06 bits per heavy atom. The molecule has 1 aromatic heterocycles. The molecule has 4 heteroatoms. The zero-order valence-electron chi connectivity index (χ0n) is 11.4. The molecule has 18 heavy (non-hydrogen) atoms. The van der Waals surface area contributed by atoms with E-state index in [0.29, 0.717) is 5.69 Å². The Labute approximate surface area is 108 Å². The normalized spacial score (nSPS) is 12.9. The van der Waals surface area contributed by atoms with E-state index in [1.54, 1.807) is 27.0 Å². The standard InChI is InChI=1S/C14H19NO3/c1-7-11(16)12-10(3)9(2)8-15(12)13(17)18-14(4,5)6/h1,8,11,16H,2-6H3. The summed E-state index contributed by atoms with van der Waals surface area (Å²) in [5, 5.41) is 9.79. The number of terminal acetylenes is 1. The second kappa shape index (κ2) is 4.87. The summed E-state index contributed by atoms with van der Waals surface area (Å²) in [5.74, 6) is 2.22. The molecule has 1 rings (SSSR count). The Hall–Kier alpha value is -1.73. The van der Waals surface area contributed by atoms with Gasteiger partial charge in [-0.2, -0.15) is 0 Å². The predicted molar refractivity (Wildman–Crippen MR) is 69.3 cm³/mol. The van der Waals surface area contributed by atoms with Crippen molar-refractivity contribution in [2.45, 2.75) is 46.3 Å². The number of aromatic nitrogens is 1. The lowest BCUT2D eigenvalue weighted by atomic mass is 10.1. The number of ether oxygens (including phenoxy) is 1. The van der Waals surface area contributed by atoms with Gasteiger partial charge in [0.25, 0.3) is 0 Å². The number of nitrogens with zero attached hydrogens (tertiary/aromatic N) is 1. The van der Waals surface area contributed by atoms with E-state index in [-0.39, 0.29) is 0 Å². The number of rotatable bonds is 1. The van der Waals surface area contributed by atoms with Gasteiger partial charge in [-0.3, -0.25) is 4.57 Å². The summed E-state index contributed by atoms with van der Waals surface area (Å²) in [6, 6.07) is 0. The van der Waals surface area contributed by atoms with Gasteiger partial charge in [0.2, 0.25) is 0 Å². The van der Waals surface area contributed by atoms with Crippen LogP contribution < -0.4 is 0 Å². The first-order valence-electron chi connectivity index (χ1n) is 5.73. The third-order valence-corrected chi connectivity index (χ3v) is 2.57. The predicted octanol–water partition coefficient (Wildman–Crippen LogP) is 2.55. The highest BCUT2D eigenvalue weighted by Crippen LogP contribution is 2.23. The van der Waals surface area contributed by atoms with Crippen molar-refractivity contribution in [1.29, 1.82) is 0 Å². The summed E-state index contributed by atoms with van der Waals surface area (Å²) in [5.41, 5.74) is 1.47. The highest BCUT2D eigenvalue weighted by atomic mass is 16.6. The number of hydrogen-bond donors (Lipinski definition) is 1. The lowest BCUT2D eigenvalue weighted by Crippen LogP contribution is -2.28. The fourth-order valence-corrected chi connectivity index (χ4v) is 1.62. The molecule has 0 radical (unpaired) electrons. The minimum absolute atomic E-state index is 0.393. The van der Waals surface area contributed by atoms with E-state index in [9.17, 15) is 9.90 Å². The summed E-state index contributed by atoms with van der Waals surface area (Å²) in [6.45, 7) is 9.01. The largest absolute Gasteiger partial charge is 0.443 e. The van der Waals surface area contributed by atoms with Crippen molar-refractivity contribution in [3.8, 4) is 12.3 Å². The van der Waals surface area contributed by atoms with Crippen molar-refractivity contribution in [1.82, 2.24) is 4.57 Å². The van der Waals surface area contributed by atoms with Crippen molar-refractivity contribution >= 4 is 6.09 Å². The molecule has 0 aliphatic rings. The van der Waals surface area contributed by atoms with E-state index in [2.05, 4.69) is 5.92 Å². The minimum atomic E-state index is -1.12. The van der Waals surface area contributed by atoms with Gasteiger partial charge >= 0.3 is 6.09 Å². The molecule has 0 aliphatic heterocycles. The number of aryl methyl sites for hydroxylation is 1. The van der Waals surface area contributed by atoms with E-state index >= 15 is 0 Å². The highest BCUT2D eigenvalue weighted by molar-refractivity contribution is 5.73. The van der Waals surface area contributed by atoms with Gasteiger partial charge in [0, 0.05) is 6.20 Å². The van der Waals surface area contributed by atoms with Gasteiger partial charge in [0.1, 0.15) is 5.60 Å². The first-order valence-corrected chi connectivity index (χ1v) is 5.73. The number of carbonyl (C=O) groups excluding carboxylic acids is 1. The fraction of sp³-hybridized carbons (Fsp3) is 0.500. The lowest BCUT2D eigenvalue weighted by molar-refractivity contribution is 0.0521. The van der Waals surface area contributed by atoms with Gasteiger partial charge in [0.05, 0.1) is 5.69 Å². The van der Waals surface area contributed by atoms with E-state index in [0.717, 1.165) is 11.1 Å². The molecule has 1 N–H and O–H groups in total. The SMILES string of the molecule is C#CC(O)c1c(C)c(C)cn1C(=O)OC(C)(C)C. The molecule has 1 unspecified atom stereocenters. The van der Waals surface area contributed by atoms with E-state index in [1.807, 2.05) is 13.8 Å². The summed E-state index contributed by atoms with van der Waals surface area (Å²) >= 11 is 0. The van der Waals surface area contributed by atoms with Crippen LogP contribution in [-0.2, 0) is 4.74 Å². The molecule has 0 saturated heterocycles. The van der Waals surface area contributed by atoms with Crippen LogP contribution in [0.3, 0.4) is 0 Å². The van der Waals surface area contributed by atoms with E-state index < -0.39 is 17.8 Å². The average molecular weight is 249 g/mol. The van der Waals surface area contributed by atoms with Gasteiger partial charge in [0.15, 0.2) is 6.10 Å². The quantitative estimate of drug-likeness (QED) is 0.778. The maximum atomic E-state index is 12.0. The smallest absolute Gasteiger partial charge is 0.418 e. The van der Waals surface area contributed by atoms with Crippen LogP contribution in [0.5, 0.6) is 0 Å². The van der Waals surface area contributed by atoms with Crippen LogP contribution in [0.4, 0.5) is 4.79 Å². The van der Waals surface area contributed by atoms with Crippen molar-refractivity contribution in [3.05, 3.63) is 23.0 Å². The third-order valence-electron chi connectivity index (χ3n) is 2.57. The first kappa shape index (κ1) is 14.3. The summed E-state index contributed by atoms with van der Waals surface area (Å²) < 4.78 is 6.55. The zero-order valence-corrected chi connectivity index (χ0v) is 11.4. The number of carbonyl (C=O) groups is 1. The molecular weight excluding hydrogens is 230 g/mol. The van der Waals surface area contributed by atoms with E-state index in [4.69, 9.17) is 11.2 Å². The molecule has 98 valence electrons. The van der Waals surface area contributed by atoms with Crippen molar-refractivity contribution in [3.63, 3.8) is 0 Å². The first-order chi connectivity index (χ1) is 8.17. The molecule has 0 fully saturated rings. The van der Waals surface area contributed by atoms with Crippen LogP contribution in [0.2, 0.25) is 0 Å². The maximum Gasteiger partial charge on any atom is 0.418 e. The summed E-state index contributed by atoms with van der Waals surface area (Å²) in [7, 11) is 0. The van der Waals surface area contributed by atoms with Crippen LogP contribution in [-0.4, -0.2) is 21.4 Å². The number of aliphatic hydroxyl groups is 1. The average Bonchev–Trinajstić information content (AvgIpc) is 2.52. The molecule has 0 spiro atoms. The molecule has 0 amide bonds. The Bertz CT molecular complexity index is 500. The molecule has 0 saturated carbocycles. The molecule has 1 aromatic rings. The number of hydrogen-bond acceptors (Lipinski definition) is 3. The van der Waals surface area contributed by atoms with Gasteiger partial charge in [-0.1, -0.05) is 5.92 Å². The molecule has 0 aromatic carbocycles. The molecule has 1 heterocycles. The zero-order chi connectivity index (χ0) is 14.1. The fourth-order valence-electron chi connectivity index (χ4n) is 1.62. The van der Waals surface area contributed by atoms with Crippen LogP contribution >= 0.6 is 0 Å². The minimum Gasteiger partial charge on any atom is -0.443 e. The van der Waals surface area contributed by atoms with Gasteiger partial charge in [-0.25, -0.2) is 4.79 Å². The van der Waals surface area contributed by atoms with Crippen molar-refractivity contribution in [2.24, 2.45) is 0 Å². The number of aliphatic hydroxyl groups excluding tert-OH is 1. The Morgan fingerprint density at radius 1 is 1.50 bits per heavy atom. The Balaban J connectivity index is 3.22. The maximum absolute atomic E-state index is 12.0. The summed E-state index contributed by atoms with van der Waals surface area (Å²) in [6.07, 6.45) is 5.18. The molecule has 0 bridgehead atoms. The second-order valence-electron chi connectivity index (χ2n) is 5.24. The van der Waals surface area contributed by atoms with Crippen LogP contribution in [0.15, 0.2) is 6.20 Å². The molecular formula is C14H19NO3. The third kappa shape index (κ3) is 2.93. The monoisotopic (exact) mass is 249 g/mol. The van der Waals surface area contributed by atoms with Gasteiger partial charge in [-0.05, 0) is 45.7 Å². The van der Waals surface area contributed by atoms with E-state index in [1.165, 1.54) is 4.57 Å². The van der Waals surface area contributed by atoms with Crippen LogP contribution in [0, 0.1) is 26.2 Å². The highest BCUT2D eigenvalue weighted by Gasteiger charge is 2.24. The topological polar surface area (TPSA) is 51.5 Å². The summed E-state index contributed by atoms with van der Waals surface area (Å²) in [4.78, 5) is 12.0. The van der Waals surface area contributed by atoms with Gasteiger partial charge < -0.3 is 9.84 Å². The van der Waals surface area contributed by atoms with Crippen molar-refractivity contribution in [2.75, 3.05) is 0 Å². The van der Waals surface area contributed by atoms with Crippen molar-refractivity contribution < 1.29 is 14.6 Å². The Kier molecular flexibility index (Phi) is 3.88. The van der Waals surface area contributed by atoms with Crippen LogP contribution in [0.1, 0.15) is 43.7 Å². The lowest BCUT2D eigenvalue weighted by Gasteiger charge is -2.21. The Morgan fingerprint density at radius 3 is 2.50 bits per heavy atom. The molecule has 4 nitrogen and oxygen atoms in total. The molecule has 0 aliphatic carbocycles. The second-order valence-corrected chi connectivity index (χ2v) is 5.24. The van der Waals surface area contributed by atoms with Crippen LogP contribution in [0.25, 0.3) is 0 Å².